The summed E-state index contributed by atoms with van der Waals surface area (Å²) in [6, 6.07) is 71.2. The molecule has 0 unspecified atom stereocenters. The number of benzene rings is 10. The molecule has 13 aromatic rings. The van der Waals surface area contributed by atoms with E-state index in [-0.39, 0.29) is 0 Å². The maximum atomic E-state index is 6.95. The lowest BCUT2D eigenvalue weighted by Crippen LogP contribution is -2.05. The maximum Gasteiger partial charge on any atom is 0.235 e. The van der Waals surface area contributed by atoms with Gasteiger partial charge in [-0.15, -0.1) is 0 Å². The molecule has 0 saturated heterocycles. The van der Waals surface area contributed by atoms with Crippen molar-refractivity contribution in [2.75, 3.05) is 0 Å². The summed E-state index contributed by atoms with van der Waals surface area (Å²) in [6.45, 7) is 0. The highest BCUT2D eigenvalue weighted by Gasteiger charge is 2.27. The Morgan fingerprint density at radius 1 is 0.317 bits per heavy atom. The summed E-state index contributed by atoms with van der Waals surface area (Å²) in [6.07, 6.45) is 0. The maximum absolute atomic E-state index is 6.95. The molecule has 0 spiro atoms. The Labute approximate surface area is 344 Å². The number of aromatic nitrogens is 3. The zero-order valence-electron chi connectivity index (χ0n) is 32.3. The third-order valence-corrected chi connectivity index (χ3v) is 12.4. The van der Waals surface area contributed by atoms with Crippen molar-refractivity contribution in [3.63, 3.8) is 0 Å². The SMILES string of the molecule is c1ccc(-c2ccc(-c3cc(-c4ccccc4)nc(-n4c5c(ccc6c7ccccc7oc65)c5c6ccccc6c6c7ccccc7c7ccccc7c6c54)n3)cc2)cc1. The minimum atomic E-state index is 0.584. The normalized spacial score (nSPS) is 12.0. The van der Waals surface area contributed by atoms with Crippen LogP contribution < -0.4 is 0 Å². The van der Waals surface area contributed by atoms with E-state index in [1.54, 1.807) is 0 Å². The zero-order chi connectivity index (χ0) is 39.3. The third kappa shape index (κ3) is 4.73. The van der Waals surface area contributed by atoms with Crippen LogP contribution in [0, 0.1) is 0 Å². The second-order valence-corrected chi connectivity index (χ2v) is 15.6. The molecule has 0 aliphatic rings. The quantitative estimate of drug-likeness (QED) is 0.168. The van der Waals surface area contributed by atoms with Gasteiger partial charge in [-0.2, -0.15) is 0 Å². The number of furan rings is 1. The first kappa shape index (κ1) is 32.9. The summed E-state index contributed by atoms with van der Waals surface area (Å²) in [4.78, 5) is 11.1. The fourth-order valence-corrected chi connectivity index (χ4v) is 9.75. The van der Waals surface area contributed by atoms with Gasteiger partial charge in [0.2, 0.25) is 5.95 Å². The van der Waals surface area contributed by atoms with Gasteiger partial charge in [-0.1, -0.05) is 182 Å². The summed E-state index contributed by atoms with van der Waals surface area (Å²) >= 11 is 0. The highest BCUT2D eigenvalue weighted by molar-refractivity contribution is 6.43. The van der Waals surface area contributed by atoms with Crippen LogP contribution in [0.1, 0.15) is 0 Å². The summed E-state index contributed by atoms with van der Waals surface area (Å²) in [7, 11) is 0. The van der Waals surface area contributed by atoms with Crippen LogP contribution in [0.15, 0.2) is 205 Å². The van der Waals surface area contributed by atoms with E-state index in [1.807, 2.05) is 12.1 Å². The fraction of sp³-hybridized carbons (Fsp3) is 0. The Bertz CT molecular complexity index is 3860. The van der Waals surface area contributed by atoms with Crippen LogP contribution in [0.25, 0.3) is 126 Å². The predicted molar refractivity (Wildman–Crippen MR) is 250 cm³/mol. The van der Waals surface area contributed by atoms with Gasteiger partial charge in [-0.25, -0.2) is 9.97 Å². The molecule has 0 bridgehead atoms. The molecule has 3 aromatic heterocycles. The molecule has 0 saturated carbocycles. The number of nitrogens with zero attached hydrogens (tertiary/aromatic N) is 3. The van der Waals surface area contributed by atoms with Crippen LogP contribution in [0.4, 0.5) is 0 Å². The van der Waals surface area contributed by atoms with Crippen molar-refractivity contribution in [2.24, 2.45) is 0 Å². The van der Waals surface area contributed by atoms with Crippen molar-refractivity contribution in [1.82, 2.24) is 14.5 Å². The van der Waals surface area contributed by atoms with Gasteiger partial charge in [0.15, 0.2) is 5.58 Å². The molecule has 3 heterocycles. The number of hydrogen-bond donors (Lipinski definition) is 0. The molecular weight excluding hydrogens is 731 g/mol. The number of rotatable bonds is 4. The second-order valence-electron chi connectivity index (χ2n) is 15.6. The predicted octanol–water partition coefficient (Wildman–Crippen LogP) is 15.1. The summed E-state index contributed by atoms with van der Waals surface area (Å²) in [5, 5.41) is 14.0. The van der Waals surface area contributed by atoms with Crippen LogP contribution >= 0.6 is 0 Å². The van der Waals surface area contributed by atoms with E-state index in [2.05, 4.69) is 193 Å². The lowest BCUT2D eigenvalue weighted by atomic mass is 9.89. The summed E-state index contributed by atoms with van der Waals surface area (Å²) in [5.74, 6) is 0.584. The molecule has 0 amide bonds. The Morgan fingerprint density at radius 2 is 0.767 bits per heavy atom. The largest absolute Gasteiger partial charge is 0.454 e. The van der Waals surface area contributed by atoms with Crippen LogP contribution in [0.2, 0.25) is 0 Å². The van der Waals surface area contributed by atoms with Gasteiger partial charge < -0.3 is 4.42 Å². The van der Waals surface area contributed by atoms with Crippen LogP contribution in [0.5, 0.6) is 0 Å². The van der Waals surface area contributed by atoms with Gasteiger partial charge in [-0.3, -0.25) is 4.57 Å². The van der Waals surface area contributed by atoms with Gasteiger partial charge in [0, 0.05) is 43.4 Å². The lowest BCUT2D eigenvalue weighted by Gasteiger charge is -2.17. The number of hydrogen-bond acceptors (Lipinski definition) is 3. The van der Waals surface area contributed by atoms with Crippen LogP contribution in [-0.4, -0.2) is 14.5 Å². The van der Waals surface area contributed by atoms with E-state index < -0.39 is 0 Å². The van der Waals surface area contributed by atoms with E-state index in [0.717, 1.165) is 71.8 Å². The Morgan fingerprint density at radius 3 is 1.42 bits per heavy atom. The average Bonchev–Trinajstić information content (AvgIpc) is 3.89. The fourth-order valence-electron chi connectivity index (χ4n) is 9.75. The molecule has 0 N–H and O–H groups in total. The Kier molecular flexibility index (Phi) is 6.98. The van der Waals surface area contributed by atoms with E-state index in [9.17, 15) is 0 Å². The smallest absolute Gasteiger partial charge is 0.235 e. The monoisotopic (exact) mass is 763 g/mol. The summed E-state index contributed by atoms with van der Waals surface area (Å²) in [5.41, 5.74) is 9.71. The van der Waals surface area contributed by atoms with Gasteiger partial charge in [0.05, 0.1) is 16.9 Å². The number of fused-ring (bicyclic) bond motifs is 17. The van der Waals surface area contributed by atoms with Crippen molar-refractivity contribution in [2.45, 2.75) is 0 Å². The minimum absolute atomic E-state index is 0.584. The van der Waals surface area contributed by atoms with Crippen molar-refractivity contribution in [3.05, 3.63) is 200 Å². The third-order valence-electron chi connectivity index (χ3n) is 12.4. The number of para-hydroxylation sites is 1. The molecule has 0 fully saturated rings. The highest BCUT2D eigenvalue weighted by atomic mass is 16.3. The first-order valence-corrected chi connectivity index (χ1v) is 20.4. The standard InChI is InChI=1S/C56H33N3O/c1-3-15-34(16-4-1)35-27-29-37(30-28-35)48-33-47(36-17-5-2-6-18-36)57-56(58-48)59-53-46(32-31-45-40-21-13-14-26-49(40)60-55(45)53)51-44-25-12-11-24-43(44)50-41-22-9-7-19-38(41)39-20-8-10-23-42(39)52(50)54(51)59/h1-33H. The molecule has 60 heavy (non-hydrogen) atoms. The zero-order valence-corrected chi connectivity index (χ0v) is 32.3. The van der Waals surface area contributed by atoms with Crippen LogP contribution in [-0.2, 0) is 0 Å². The van der Waals surface area contributed by atoms with Crippen molar-refractivity contribution < 1.29 is 4.42 Å². The van der Waals surface area contributed by atoms with Crippen molar-refractivity contribution >= 4 is 86.8 Å². The van der Waals surface area contributed by atoms with Gasteiger partial charge in [0.1, 0.15) is 11.1 Å². The Hall–Kier alpha value is -8.08. The topological polar surface area (TPSA) is 43.9 Å². The molecule has 0 radical (unpaired) electrons. The van der Waals surface area contributed by atoms with Crippen molar-refractivity contribution in [1.29, 1.82) is 0 Å². The Balaban J connectivity index is 1.25. The van der Waals surface area contributed by atoms with Crippen LogP contribution in [0.3, 0.4) is 0 Å². The van der Waals surface area contributed by atoms with Crippen molar-refractivity contribution in [3.8, 4) is 39.6 Å². The molecular formula is C56H33N3O. The summed E-state index contributed by atoms with van der Waals surface area (Å²) < 4.78 is 9.27. The molecule has 4 nitrogen and oxygen atoms in total. The van der Waals surface area contributed by atoms with E-state index in [0.29, 0.717) is 5.95 Å². The molecule has 13 rings (SSSR count). The molecule has 10 aromatic carbocycles. The van der Waals surface area contributed by atoms with Gasteiger partial charge in [0.25, 0.3) is 0 Å². The average molecular weight is 764 g/mol. The van der Waals surface area contributed by atoms with E-state index in [1.165, 1.54) is 48.7 Å². The first-order valence-electron chi connectivity index (χ1n) is 20.4. The molecule has 0 atom stereocenters. The molecule has 278 valence electrons. The minimum Gasteiger partial charge on any atom is -0.454 e. The first-order chi connectivity index (χ1) is 29.8. The van der Waals surface area contributed by atoms with Gasteiger partial charge >= 0.3 is 0 Å². The molecule has 0 aliphatic heterocycles. The van der Waals surface area contributed by atoms with Gasteiger partial charge in [-0.05, 0) is 61.6 Å². The van der Waals surface area contributed by atoms with E-state index in [4.69, 9.17) is 14.4 Å². The second kappa shape index (κ2) is 12.7. The molecule has 4 heteroatoms. The molecule has 0 aliphatic carbocycles. The van der Waals surface area contributed by atoms with E-state index >= 15 is 0 Å². The lowest BCUT2D eigenvalue weighted by molar-refractivity contribution is 0.671. The highest BCUT2D eigenvalue weighted by Crippen LogP contribution is 2.49.